The summed E-state index contributed by atoms with van der Waals surface area (Å²) in [5.74, 6) is -3.19. The number of para-hydroxylation sites is 3. The Bertz CT molecular complexity index is 3280. The Balaban J connectivity index is 0.000000187. The van der Waals surface area contributed by atoms with Crippen molar-refractivity contribution in [2.75, 3.05) is 6.61 Å². The maximum absolute atomic E-state index is 13.0. The number of hydrogen-bond donors (Lipinski definition) is 3. The van der Waals surface area contributed by atoms with Gasteiger partial charge in [0, 0.05) is 0 Å². The lowest BCUT2D eigenvalue weighted by Gasteiger charge is -2.19. The first-order valence-electron chi connectivity index (χ1n) is 29.7. The fourth-order valence-electron chi connectivity index (χ4n) is 9.94. The molecule has 6 aromatic rings. The first kappa shape index (κ1) is 65.2. The van der Waals surface area contributed by atoms with Gasteiger partial charge in [0.05, 0.1) is 11.1 Å². The molecule has 0 saturated carbocycles. The number of carbonyl (C=O) groups excluding carboxylic acids is 3. The summed E-state index contributed by atoms with van der Waals surface area (Å²) in [6, 6.07) is 43.0. The molecule has 0 bridgehead atoms. The molecule has 0 heterocycles. The number of carboxylic acid groups (broad SMARTS) is 3. The molecule has 0 saturated heterocycles. The first-order chi connectivity index (χ1) is 42.3. The Morgan fingerprint density at radius 3 is 1.36 bits per heavy atom. The van der Waals surface area contributed by atoms with Crippen LogP contribution in [0.5, 0.6) is 28.7 Å². The molecule has 16 heteroatoms. The molecule has 3 aliphatic carbocycles. The normalized spacial score (nSPS) is 14.6. The number of rotatable bonds is 27. The van der Waals surface area contributed by atoms with E-state index in [4.69, 9.17) is 28.4 Å². The van der Waals surface area contributed by atoms with Crippen molar-refractivity contribution in [1.29, 1.82) is 0 Å². The standard InChI is InChI=1S/C24H25FO5.C24H26O5.C23H24O5/c25-18-11-13-19(14-12-18)29-16-21(26)20-8-4-5-9-22(20)30-23(24(27)28)15-10-17-6-2-1-3-7-17;25-23(26)22(16-11-18-7-3-1-4-8-18)29-21-14-12-20(13-15-21)24(27)28-17-19-9-5-2-6-10-19;24-22(25)21(16-15-17-9-3-1-4-10-17)28-20-14-8-7-13-19(20)23(26)27-18-11-5-2-6-12-18/h4-6,8-9,11-14,23H,1-3,7,10,15-16H2,(H,27,28);2,5-7,9-10,12-15,22H,1,3-4,8,11,16-17H2,(H,25,26);2,5-9,11-14,21H,1,3-4,10,15-16H2,(H,24,25). The van der Waals surface area contributed by atoms with E-state index in [1.807, 2.05) is 36.4 Å². The van der Waals surface area contributed by atoms with E-state index in [1.54, 1.807) is 97.1 Å². The van der Waals surface area contributed by atoms with Crippen molar-refractivity contribution in [3.05, 3.63) is 221 Å². The number of ether oxygens (including phenoxy) is 6. The van der Waals surface area contributed by atoms with E-state index >= 15 is 0 Å². The minimum Gasteiger partial charge on any atom is -0.485 e. The molecule has 87 heavy (non-hydrogen) atoms. The van der Waals surface area contributed by atoms with Gasteiger partial charge in [-0.05, 0) is 206 Å². The van der Waals surface area contributed by atoms with Gasteiger partial charge in [-0.2, -0.15) is 0 Å². The van der Waals surface area contributed by atoms with E-state index in [1.165, 1.54) is 66.7 Å². The van der Waals surface area contributed by atoms with Gasteiger partial charge in [0.15, 0.2) is 24.9 Å². The predicted molar refractivity (Wildman–Crippen MR) is 326 cm³/mol. The summed E-state index contributed by atoms with van der Waals surface area (Å²) < 4.78 is 46.2. The number of halogens is 1. The molecule has 456 valence electrons. The molecule has 6 aromatic carbocycles. The second kappa shape index (κ2) is 35.2. The van der Waals surface area contributed by atoms with Crippen LogP contribution in [-0.4, -0.2) is 75.9 Å². The van der Waals surface area contributed by atoms with E-state index in [0.29, 0.717) is 54.9 Å². The lowest BCUT2D eigenvalue weighted by Crippen LogP contribution is -2.28. The molecule has 0 radical (unpaired) electrons. The third-order valence-electron chi connectivity index (χ3n) is 14.7. The number of benzene rings is 6. The van der Waals surface area contributed by atoms with Gasteiger partial charge in [0.2, 0.25) is 5.78 Å². The monoisotopic (exact) mass is 1190 g/mol. The van der Waals surface area contributed by atoms with Gasteiger partial charge in [-0.25, -0.2) is 28.4 Å². The van der Waals surface area contributed by atoms with Crippen LogP contribution in [0.4, 0.5) is 4.39 Å². The van der Waals surface area contributed by atoms with Gasteiger partial charge in [-0.3, -0.25) is 4.79 Å². The maximum Gasteiger partial charge on any atom is 0.347 e. The van der Waals surface area contributed by atoms with Crippen LogP contribution in [-0.2, 0) is 25.7 Å². The summed E-state index contributed by atoms with van der Waals surface area (Å²) in [4.78, 5) is 72.3. The smallest absolute Gasteiger partial charge is 0.347 e. The van der Waals surface area contributed by atoms with Crippen molar-refractivity contribution >= 4 is 35.6 Å². The van der Waals surface area contributed by atoms with Crippen LogP contribution >= 0.6 is 0 Å². The zero-order valence-corrected chi connectivity index (χ0v) is 48.7. The molecule has 0 spiro atoms. The molecule has 0 amide bonds. The zero-order valence-electron chi connectivity index (χ0n) is 48.7. The highest BCUT2D eigenvalue weighted by molar-refractivity contribution is 6.00. The highest BCUT2D eigenvalue weighted by atomic mass is 19.1. The highest BCUT2D eigenvalue weighted by Gasteiger charge is 2.26. The zero-order chi connectivity index (χ0) is 61.6. The fourth-order valence-corrected chi connectivity index (χ4v) is 9.94. The number of Topliss-reactive ketones (excluding diaryl/α,β-unsaturated/α-hetero) is 1. The number of esters is 2. The number of allylic oxidation sites excluding steroid dienone is 6. The predicted octanol–water partition coefficient (Wildman–Crippen LogP) is 15.4. The summed E-state index contributed by atoms with van der Waals surface area (Å²) in [7, 11) is 0. The molecule has 0 fully saturated rings. The summed E-state index contributed by atoms with van der Waals surface area (Å²) in [5, 5.41) is 28.6. The summed E-state index contributed by atoms with van der Waals surface area (Å²) in [5.41, 5.74) is 5.65. The average Bonchev–Trinajstić information content (AvgIpc) is 3.44. The Morgan fingerprint density at radius 2 is 0.874 bits per heavy atom. The molecular formula is C71H75FO15. The van der Waals surface area contributed by atoms with Crippen molar-refractivity contribution in [1.82, 2.24) is 0 Å². The molecule has 3 unspecified atom stereocenters. The van der Waals surface area contributed by atoms with E-state index in [0.717, 1.165) is 63.4 Å². The lowest BCUT2D eigenvalue weighted by molar-refractivity contribution is -0.146. The third-order valence-corrected chi connectivity index (χ3v) is 14.7. The molecular weight excluding hydrogens is 1110 g/mol. The highest BCUT2D eigenvalue weighted by Crippen LogP contribution is 2.29. The Hall–Kier alpha value is -9.31. The van der Waals surface area contributed by atoms with E-state index < -0.39 is 54.0 Å². The molecule has 3 atom stereocenters. The Labute approximate surface area is 507 Å². The lowest BCUT2D eigenvalue weighted by atomic mass is 9.95. The summed E-state index contributed by atoms with van der Waals surface area (Å²) >= 11 is 0. The van der Waals surface area contributed by atoms with Crippen molar-refractivity contribution in [3.63, 3.8) is 0 Å². The van der Waals surface area contributed by atoms with Gasteiger partial charge in [0.25, 0.3) is 0 Å². The van der Waals surface area contributed by atoms with E-state index in [9.17, 15) is 48.5 Å². The van der Waals surface area contributed by atoms with Gasteiger partial charge >= 0.3 is 29.8 Å². The van der Waals surface area contributed by atoms with Crippen molar-refractivity contribution in [2.24, 2.45) is 0 Å². The van der Waals surface area contributed by atoms with Crippen LogP contribution in [0, 0.1) is 5.82 Å². The van der Waals surface area contributed by atoms with Gasteiger partial charge < -0.3 is 43.7 Å². The van der Waals surface area contributed by atoms with E-state index in [-0.39, 0.29) is 41.6 Å². The van der Waals surface area contributed by atoms with Crippen molar-refractivity contribution in [3.8, 4) is 28.7 Å². The Kier molecular flexibility index (Phi) is 26.4. The van der Waals surface area contributed by atoms with Crippen molar-refractivity contribution < 1.29 is 76.9 Å². The Morgan fingerprint density at radius 1 is 0.437 bits per heavy atom. The number of carboxylic acids is 3. The molecule has 15 nitrogen and oxygen atoms in total. The van der Waals surface area contributed by atoms with Crippen LogP contribution in [0.2, 0.25) is 0 Å². The van der Waals surface area contributed by atoms with E-state index in [2.05, 4.69) is 18.2 Å². The fraction of sp³-hybridized carbons (Fsp3) is 0.324. The van der Waals surface area contributed by atoms with Crippen LogP contribution in [0.3, 0.4) is 0 Å². The summed E-state index contributed by atoms with van der Waals surface area (Å²) in [6.07, 6.45) is 20.2. The first-order valence-corrected chi connectivity index (χ1v) is 29.7. The maximum atomic E-state index is 13.0. The third kappa shape index (κ3) is 22.6. The average molecular weight is 1190 g/mol. The SMILES string of the molecule is O=C(COc1ccc(F)cc1)c1ccccc1OC(CCC1=CCCCC1)C(=O)O.O=C(OCc1ccccc1)c1ccc(OC(CCC2=CCCCC2)C(=O)O)cc1.O=C(Oc1ccccc1)c1ccccc1OC(CCC1=CCCCC1)C(=O)O. The summed E-state index contributed by atoms with van der Waals surface area (Å²) in [6.45, 7) is -0.0640. The second-order valence-corrected chi connectivity index (χ2v) is 21.2. The number of aliphatic carboxylic acids is 3. The van der Waals surface area contributed by atoms with Gasteiger partial charge in [-0.15, -0.1) is 0 Å². The minimum atomic E-state index is -1.06. The van der Waals surface area contributed by atoms with Crippen molar-refractivity contribution in [2.45, 2.75) is 140 Å². The van der Waals surface area contributed by atoms with Crippen LogP contribution in [0.15, 0.2) is 193 Å². The largest absolute Gasteiger partial charge is 0.485 e. The molecule has 9 rings (SSSR count). The van der Waals surface area contributed by atoms with Gasteiger partial charge in [0.1, 0.15) is 46.7 Å². The minimum absolute atomic E-state index is 0.203. The van der Waals surface area contributed by atoms with Crippen LogP contribution in [0.25, 0.3) is 0 Å². The number of carbonyl (C=O) groups is 6. The second-order valence-electron chi connectivity index (χ2n) is 21.2. The quantitative estimate of drug-likeness (QED) is 0.0189. The topological polar surface area (TPSA) is 218 Å². The van der Waals surface area contributed by atoms with Gasteiger partial charge in [-0.1, -0.05) is 108 Å². The van der Waals surface area contributed by atoms with Crippen LogP contribution < -0.4 is 23.7 Å². The molecule has 0 aliphatic heterocycles. The molecule has 3 N–H and O–H groups in total. The number of ketones is 1. The molecule has 3 aliphatic rings. The molecule has 0 aromatic heterocycles. The van der Waals surface area contributed by atoms with Crippen LogP contribution in [0.1, 0.15) is 152 Å². The number of hydrogen-bond acceptors (Lipinski definition) is 12.